The van der Waals surface area contributed by atoms with Gasteiger partial charge in [-0.2, -0.15) is 5.26 Å². The number of nitrogen functional groups attached to an aromatic ring is 1. The van der Waals surface area contributed by atoms with E-state index >= 15 is 0 Å². The van der Waals surface area contributed by atoms with E-state index in [4.69, 9.17) is 28.9 Å². The summed E-state index contributed by atoms with van der Waals surface area (Å²) in [6, 6.07) is 17.0. The molecule has 0 fully saturated rings. The number of rotatable bonds is 2. The van der Waals surface area contributed by atoms with Crippen LogP contribution in [0.1, 0.15) is 11.1 Å². The number of nitriles is 1. The first-order valence-corrected chi connectivity index (χ1v) is 7.98. The third kappa shape index (κ3) is 3.07. The summed E-state index contributed by atoms with van der Waals surface area (Å²) in [4.78, 5) is 4.37. The van der Waals surface area contributed by atoms with Gasteiger partial charge >= 0.3 is 0 Å². The Morgan fingerprint density at radius 2 is 1.83 bits per heavy atom. The van der Waals surface area contributed by atoms with Crippen LogP contribution >= 0.6 is 23.2 Å². The second kappa shape index (κ2) is 6.52. The van der Waals surface area contributed by atoms with Crippen molar-refractivity contribution in [2.75, 3.05) is 5.73 Å². The first-order chi connectivity index (χ1) is 11.5. The summed E-state index contributed by atoms with van der Waals surface area (Å²) in [5, 5.41) is 10.5. The van der Waals surface area contributed by atoms with Gasteiger partial charge in [0.2, 0.25) is 0 Å². The van der Waals surface area contributed by atoms with Crippen molar-refractivity contribution in [2.24, 2.45) is 0 Å². The average molecular weight is 354 g/mol. The highest BCUT2D eigenvalue weighted by molar-refractivity contribution is 6.36. The number of hydrogen-bond donors (Lipinski definition) is 1. The van der Waals surface area contributed by atoms with Crippen molar-refractivity contribution >= 4 is 29.0 Å². The first kappa shape index (κ1) is 16.3. The molecule has 3 nitrogen and oxygen atoms in total. The predicted octanol–water partition coefficient (Wildman–Crippen LogP) is 5.48. The van der Waals surface area contributed by atoms with Crippen LogP contribution in [0.15, 0.2) is 48.5 Å². The minimum Gasteiger partial charge on any atom is -0.383 e. The van der Waals surface area contributed by atoms with Crippen LogP contribution in [-0.4, -0.2) is 4.98 Å². The molecule has 0 aliphatic rings. The van der Waals surface area contributed by atoms with E-state index in [1.54, 1.807) is 18.2 Å². The minimum atomic E-state index is 0.178. The fourth-order valence-corrected chi connectivity index (χ4v) is 3.07. The molecule has 1 heterocycles. The molecule has 2 aromatic carbocycles. The number of nitrogens with zero attached hydrogens (tertiary/aromatic N) is 2. The maximum atomic E-state index is 9.47. The van der Waals surface area contributed by atoms with Gasteiger partial charge in [0.25, 0.3) is 0 Å². The lowest BCUT2D eigenvalue weighted by atomic mass is 9.98. The summed E-state index contributed by atoms with van der Waals surface area (Å²) >= 11 is 12.3. The lowest BCUT2D eigenvalue weighted by Gasteiger charge is -2.12. The molecule has 0 amide bonds. The molecular weight excluding hydrogens is 341 g/mol. The van der Waals surface area contributed by atoms with Crippen molar-refractivity contribution < 1.29 is 0 Å². The van der Waals surface area contributed by atoms with Gasteiger partial charge in [-0.3, -0.25) is 0 Å². The van der Waals surface area contributed by atoms with Gasteiger partial charge < -0.3 is 5.73 Å². The molecule has 1 aromatic heterocycles. The second-order valence-corrected chi connectivity index (χ2v) is 6.26. The van der Waals surface area contributed by atoms with Gasteiger partial charge in [0.15, 0.2) is 0 Å². The Morgan fingerprint density at radius 3 is 2.50 bits per heavy atom. The van der Waals surface area contributed by atoms with Crippen molar-refractivity contribution in [3.05, 3.63) is 69.7 Å². The van der Waals surface area contributed by atoms with E-state index in [9.17, 15) is 5.26 Å². The molecule has 0 saturated heterocycles. The molecule has 24 heavy (non-hydrogen) atoms. The number of benzene rings is 2. The minimum absolute atomic E-state index is 0.178. The molecule has 118 valence electrons. The molecule has 3 rings (SSSR count). The van der Waals surface area contributed by atoms with Gasteiger partial charge in [-0.25, -0.2) is 4.98 Å². The highest BCUT2D eigenvalue weighted by atomic mass is 35.5. The normalized spacial score (nSPS) is 10.4. The number of aromatic nitrogens is 1. The van der Waals surface area contributed by atoms with Crippen LogP contribution in [0.5, 0.6) is 0 Å². The van der Waals surface area contributed by atoms with Gasteiger partial charge in [0.1, 0.15) is 17.5 Å². The topological polar surface area (TPSA) is 62.7 Å². The van der Waals surface area contributed by atoms with Crippen LogP contribution in [0.2, 0.25) is 10.0 Å². The molecule has 0 atom stereocenters. The molecule has 0 aliphatic carbocycles. The fourth-order valence-electron chi connectivity index (χ4n) is 2.55. The van der Waals surface area contributed by atoms with Crippen molar-refractivity contribution in [2.45, 2.75) is 6.92 Å². The van der Waals surface area contributed by atoms with Crippen molar-refractivity contribution in [1.29, 1.82) is 5.26 Å². The quantitative estimate of drug-likeness (QED) is 0.662. The summed E-state index contributed by atoms with van der Waals surface area (Å²) in [5.74, 6) is 0.178. The summed E-state index contributed by atoms with van der Waals surface area (Å²) < 4.78 is 0. The fraction of sp³-hybridized carbons (Fsp3) is 0.0526. The van der Waals surface area contributed by atoms with Crippen LogP contribution in [0.25, 0.3) is 22.4 Å². The molecule has 5 heteroatoms. The standard InChI is InChI=1S/C19H13Cl2N3/c1-11-3-2-4-12(7-11)18-9-15(16(10-22)19(23)24-18)14-6-5-13(20)8-17(14)21/h2-9H,1H3,(H2,23,24). The highest BCUT2D eigenvalue weighted by Gasteiger charge is 2.15. The third-order valence-electron chi connectivity index (χ3n) is 3.69. The summed E-state index contributed by atoms with van der Waals surface area (Å²) in [6.07, 6.45) is 0. The number of pyridine rings is 1. The Balaban J connectivity index is 2.27. The van der Waals surface area contributed by atoms with Gasteiger partial charge in [-0.15, -0.1) is 0 Å². The van der Waals surface area contributed by atoms with E-state index in [2.05, 4.69) is 11.1 Å². The van der Waals surface area contributed by atoms with Gasteiger partial charge in [-0.05, 0) is 31.2 Å². The van der Waals surface area contributed by atoms with Crippen LogP contribution in [0.3, 0.4) is 0 Å². The monoisotopic (exact) mass is 353 g/mol. The van der Waals surface area contributed by atoms with Crippen molar-refractivity contribution in [1.82, 2.24) is 4.98 Å². The van der Waals surface area contributed by atoms with Crippen molar-refractivity contribution in [3.8, 4) is 28.5 Å². The Labute approximate surface area is 150 Å². The van der Waals surface area contributed by atoms with E-state index in [1.807, 2.05) is 37.3 Å². The van der Waals surface area contributed by atoms with Crippen LogP contribution in [0.4, 0.5) is 5.82 Å². The predicted molar refractivity (Wildman–Crippen MR) is 99.0 cm³/mol. The number of hydrogen-bond acceptors (Lipinski definition) is 3. The molecule has 3 aromatic rings. The Bertz CT molecular complexity index is 975. The maximum Gasteiger partial charge on any atom is 0.142 e. The molecule has 0 radical (unpaired) electrons. The van der Waals surface area contributed by atoms with E-state index in [1.165, 1.54) is 0 Å². The van der Waals surface area contributed by atoms with Crippen LogP contribution in [-0.2, 0) is 0 Å². The van der Waals surface area contributed by atoms with E-state index in [0.717, 1.165) is 11.1 Å². The Kier molecular flexibility index (Phi) is 4.44. The zero-order chi connectivity index (χ0) is 17.3. The highest BCUT2D eigenvalue weighted by Crippen LogP contribution is 2.36. The summed E-state index contributed by atoms with van der Waals surface area (Å²) in [7, 11) is 0. The first-order valence-electron chi connectivity index (χ1n) is 7.22. The number of nitrogens with two attached hydrogens (primary N) is 1. The zero-order valence-corrected chi connectivity index (χ0v) is 14.4. The number of anilines is 1. The van der Waals surface area contributed by atoms with Crippen molar-refractivity contribution in [3.63, 3.8) is 0 Å². The number of halogens is 2. The molecule has 0 unspecified atom stereocenters. The molecule has 0 bridgehead atoms. The number of aryl methyl sites for hydroxylation is 1. The molecule has 2 N–H and O–H groups in total. The maximum absolute atomic E-state index is 9.47. The molecule has 0 saturated carbocycles. The lowest BCUT2D eigenvalue weighted by Crippen LogP contribution is -2.00. The molecular formula is C19H13Cl2N3. The lowest BCUT2D eigenvalue weighted by molar-refractivity contribution is 1.30. The molecule has 0 aliphatic heterocycles. The van der Waals surface area contributed by atoms with E-state index in [-0.39, 0.29) is 5.82 Å². The van der Waals surface area contributed by atoms with Gasteiger partial charge in [-0.1, -0.05) is 53.0 Å². The van der Waals surface area contributed by atoms with E-state index in [0.29, 0.717) is 32.4 Å². The van der Waals surface area contributed by atoms with Crippen LogP contribution < -0.4 is 5.73 Å². The average Bonchev–Trinajstić information content (AvgIpc) is 2.54. The smallest absolute Gasteiger partial charge is 0.142 e. The van der Waals surface area contributed by atoms with Gasteiger partial charge in [0, 0.05) is 26.7 Å². The summed E-state index contributed by atoms with van der Waals surface area (Å²) in [5.41, 5.74) is 10.4. The second-order valence-electron chi connectivity index (χ2n) is 5.42. The Hall–Kier alpha value is -2.54. The third-order valence-corrected chi connectivity index (χ3v) is 4.24. The largest absolute Gasteiger partial charge is 0.383 e. The zero-order valence-electron chi connectivity index (χ0n) is 12.8. The SMILES string of the molecule is Cc1cccc(-c2cc(-c3ccc(Cl)cc3Cl)c(C#N)c(N)n2)c1. The van der Waals surface area contributed by atoms with Crippen LogP contribution in [0, 0.1) is 18.3 Å². The summed E-state index contributed by atoms with van der Waals surface area (Å²) in [6.45, 7) is 2.01. The van der Waals surface area contributed by atoms with Gasteiger partial charge in [0.05, 0.1) is 5.69 Å². The van der Waals surface area contributed by atoms with E-state index < -0.39 is 0 Å². The molecule has 0 spiro atoms. The Morgan fingerprint density at radius 1 is 1.04 bits per heavy atom.